The molecule has 5 heterocycles. The number of likely N-dealkylation sites (tertiary alicyclic amines) is 1. The number of carbonyl (C=O) groups excluding carboxylic acids is 1. The van der Waals surface area contributed by atoms with Gasteiger partial charge in [-0.15, -0.1) is 0 Å². The van der Waals surface area contributed by atoms with Gasteiger partial charge in [0.1, 0.15) is 17.7 Å². The van der Waals surface area contributed by atoms with E-state index in [9.17, 15) is 27.9 Å². The van der Waals surface area contributed by atoms with E-state index < -0.39 is 24.3 Å². The predicted octanol–water partition coefficient (Wildman–Crippen LogP) is 6.43. The SMILES string of the molecule is CC(C)[C@@H](C(=O)N1CCC[C@H]1c1ncc(-c2ccc(-c3cnc4cc(-c5cnc([C@@H]6CCCN6)[nH]5)ccc4n3)cc2)[nH]1)N(C)C(=O)O.O=C(O)C(F)(F)F. The first-order valence-corrected chi connectivity index (χ1v) is 17.5. The minimum atomic E-state index is -5.08. The lowest BCUT2D eigenvalue weighted by Crippen LogP contribution is -2.51. The van der Waals surface area contributed by atoms with Gasteiger partial charge in [0.15, 0.2) is 0 Å². The summed E-state index contributed by atoms with van der Waals surface area (Å²) in [5, 5.41) is 20.2. The Labute approximate surface area is 307 Å². The van der Waals surface area contributed by atoms with Crippen molar-refractivity contribution >= 4 is 29.0 Å². The van der Waals surface area contributed by atoms with Crippen LogP contribution in [0.4, 0.5) is 18.0 Å². The Bertz CT molecular complexity index is 2130. The van der Waals surface area contributed by atoms with Crippen molar-refractivity contribution in [3.63, 3.8) is 0 Å². The van der Waals surface area contributed by atoms with Crippen molar-refractivity contribution in [2.24, 2.45) is 5.92 Å². The Kier molecular flexibility index (Phi) is 11.0. The fraction of sp³-hybridized carbons (Fsp3) is 0.378. The smallest absolute Gasteiger partial charge is 0.475 e. The van der Waals surface area contributed by atoms with Gasteiger partial charge in [-0.1, -0.05) is 44.2 Å². The Morgan fingerprint density at radius 2 is 1.48 bits per heavy atom. The van der Waals surface area contributed by atoms with Gasteiger partial charge >= 0.3 is 18.2 Å². The van der Waals surface area contributed by atoms with Crippen LogP contribution in [0.15, 0.2) is 61.1 Å². The zero-order valence-corrected chi connectivity index (χ0v) is 29.8. The third-order valence-electron chi connectivity index (χ3n) is 9.62. The number of halogens is 3. The largest absolute Gasteiger partial charge is 0.490 e. The highest BCUT2D eigenvalue weighted by atomic mass is 19.4. The number of hydrogen-bond donors (Lipinski definition) is 5. The van der Waals surface area contributed by atoms with E-state index in [1.165, 1.54) is 13.5 Å². The van der Waals surface area contributed by atoms with Crippen molar-refractivity contribution in [3.8, 4) is 33.8 Å². The van der Waals surface area contributed by atoms with Gasteiger partial charge in [0.25, 0.3) is 0 Å². The van der Waals surface area contributed by atoms with E-state index in [4.69, 9.17) is 19.9 Å². The summed E-state index contributed by atoms with van der Waals surface area (Å²) in [6.07, 6.45) is 3.13. The molecule has 2 aliphatic rings. The second-order valence-electron chi connectivity index (χ2n) is 13.6. The van der Waals surface area contributed by atoms with Crippen LogP contribution in [0.3, 0.4) is 0 Å². The second-order valence-corrected chi connectivity index (χ2v) is 13.6. The number of alkyl halides is 3. The third kappa shape index (κ3) is 8.20. The highest BCUT2D eigenvalue weighted by molar-refractivity contribution is 5.86. The van der Waals surface area contributed by atoms with E-state index in [1.807, 2.05) is 62.5 Å². The Hall–Kier alpha value is -5.84. The van der Waals surface area contributed by atoms with Gasteiger partial charge in [-0.3, -0.25) is 14.7 Å². The maximum atomic E-state index is 13.5. The first-order chi connectivity index (χ1) is 25.7. The molecule has 2 amide bonds. The molecule has 284 valence electrons. The number of aromatic amines is 2. The molecule has 17 heteroatoms. The molecule has 0 spiro atoms. The fourth-order valence-electron chi connectivity index (χ4n) is 6.87. The van der Waals surface area contributed by atoms with Crippen LogP contribution < -0.4 is 5.32 Å². The number of H-pyrrole nitrogens is 2. The lowest BCUT2D eigenvalue weighted by molar-refractivity contribution is -0.192. The molecule has 2 aromatic carbocycles. The number of nitrogens with zero attached hydrogens (tertiary/aromatic N) is 6. The number of aliphatic carboxylic acids is 1. The van der Waals surface area contributed by atoms with Crippen LogP contribution in [0.1, 0.15) is 63.3 Å². The monoisotopic (exact) mass is 747 g/mol. The van der Waals surface area contributed by atoms with Gasteiger partial charge in [0.2, 0.25) is 5.91 Å². The maximum Gasteiger partial charge on any atom is 0.490 e. The summed E-state index contributed by atoms with van der Waals surface area (Å²) in [5.41, 5.74) is 7.16. The summed E-state index contributed by atoms with van der Waals surface area (Å²) in [5.74, 6) is -1.42. The van der Waals surface area contributed by atoms with E-state index in [2.05, 4.69) is 25.3 Å². The molecular weight excluding hydrogens is 707 g/mol. The molecule has 5 N–H and O–H groups in total. The molecule has 0 radical (unpaired) electrons. The van der Waals surface area contributed by atoms with E-state index in [0.717, 1.165) is 81.3 Å². The van der Waals surface area contributed by atoms with Gasteiger partial charge < -0.3 is 30.4 Å². The number of nitrogens with one attached hydrogen (secondary N) is 3. The number of hydrogen-bond acceptors (Lipinski definition) is 8. The van der Waals surface area contributed by atoms with Gasteiger partial charge in [-0.05, 0) is 55.8 Å². The lowest BCUT2D eigenvalue weighted by Gasteiger charge is -2.33. The van der Waals surface area contributed by atoms with E-state index >= 15 is 0 Å². The Morgan fingerprint density at radius 1 is 0.852 bits per heavy atom. The van der Waals surface area contributed by atoms with Crippen molar-refractivity contribution in [1.29, 1.82) is 0 Å². The summed E-state index contributed by atoms with van der Waals surface area (Å²) in [6, 6.07) is 13.5. The van der Waals surface area contributed by atoms with Crippen LogP contribution in [-0.4, -0.2) is 100 Å². The van der Waals surface area contributed by atoms with Crippen LogP contribution in [0.25, 0.3) is 44.8 Å². The van der Waals surface area contributed by atoms with E-state index in [0.29, 0.717) is 18.4 Å². The average molecular weight is 748 g/mol. The minimum absolute atomic E-state index is 0.158. The van der Waals surface area contributed by atoms with E-state index in [-0.39, 0.29) is 17.9 Å². The van der Waals surface area contributed by atoms with Crippen LogP contribution >= 0.6 is 0 Å². The van der Waals surface area contributed by atoms with Gasteiger partial charge in [0.05, 0.1) is 58.8 Å². The molecule has 5 aromatic rings. The predicted molar refractivity (Wildman–Crippen MR) is 192 cm³/mol. The molecule has 3 atom stereocenters. The zero-order chi connectivity index (χ0) is 38.7. The summed E-state index contributed by atoms with van der Waals surface area (Å²) in [4.78, 5) is 62.7. The van der Waals surface area contributed by atoms with Gasteiger partial charge in [-0.2, -0.15) is 13.2 Å². The van der Waals surface area contributed by atoms with Crippen molar-refractivity contribution in [1.82, 2.24) is 45.0 Å². The van der Waals surface area contributed by atoms with E-state index in [1.54, 1.807) is 17.3 Å². The molecule has 0 bridgehead atoms. The summed E-state index contributed by atoms with van der Waals surface area (Å²) < 4.78 is 31.7. The van der Waals surface area contributed by atoms with Crippen molar-refractivity contribution in [2.75, 3.05) is 20.1 Å². The normalized spacial score (nSPS) is 17.7. The minimum Gasteiger partial charge on any atom is -0.475 e. The molecule has 14 nitrogen and oxygen atoms in total. The van der Waals surface area contributed by atoms with Crippen molar-refractivity contribution < 1.29 is 37.8 Å². The Balaban J connectivity index is 0.000000649. The molecule has 0 unspecified atom stereocenters. The first kappa shape index (κ1) is 37.9. The van der Waals surface area contributed by atoms with Gasteiger partial charge in [0, 0.05) is 24.7 Å². The molecule has 7 rings (SSSR count). The molecule has 2 fully saturated rings. The summed E-state index contributed by atoms with van der Waals surface area (Å²) >= 11 is 0. The molecule has 2 saturated heterocycles. The summed E-state index contributed by atoms with van der Waals surface area (Å²) in [6.45, 7) is 5.34. The summed E-state index contributed by atoms with van der Waals surface area (Å²) in [7, 11) is 1.45. The zero-order valence-electron chi connectivity index (χ0n) is 29.8. The molecule has 0 aliphatic carbocycles. The highest BCUT2D eigenvalue weighted by Gasteiger charge is 2.40. The van der Waals surface area contributed by atoms with Crippen molar-refractivity contribution in [3.05, 3.63) is 72.7 Å². The average Bonchev–Trinajstić information content (AvgIpc) is 3.98. The third-order valence-corrected chi connectivity index (χ3v) is 9.62. The van der Waals surface area contributed by atoms with Crippen molar-refractivity contribution in [2.45, 2.75) is 63.8 Å². The number of amides is 2. The first-order valence-electron chi connectivity index (χ1n) is 17.5. The molecule has 3 aromatic heterocycles. The number of aromatic nitrogens is 6. The van der Waals surface area contributed by atoms with Crippen LogP contribution in [-0.2, 0) is 9.59 Å². The second kappa shape index (κ2) is 15.6. The quantitative estimate of drug-likeness (QED) is 0.118. The number of likely N-dealkylation sites (N-methyl/N-ethyl adjacent to an activating group) is 1. The lowest BCUT2D eigenvalue weighted by atomic mass is 10.0. The number of carboxylic acid groups (broad SMARTS) is 2. The number of carboxylic acids is 1. The van der Waals surface area contributed by atoms with Crippen LogP contribution in [0, 0.1) is 5.92 Å². The number of benzene rings is 2. The fourth-order valence-corrected chi connectivity index (χ4v) is 6.87. The topological polar surface area (TPSA) is 193 Å². The molecule has 2 aliphatic heterocycles. The highest BCUT2D eigenvalue weighted by Crippen LogP contribution is 2.34. The number of rotatable bonds is 8. The Morgan fingerprint density at radius 3 is 2.11 bits per heavy atom. The van der Waals surface area contributed by atoms with Gasteiger partial charge in [-0.25, -0.2) is 24.5 Å². The number of imidazole rings is 2. The molecule has 54 heavy (non-hydrogen) atoms. The molecular formula is C37H40F3N9O5. The van der Waals surface area contributed by atoms with Crippen LogP contribution in [0.2, 0.25) is 0 Å². The van der Waals surface area contributed by atoms with Crippen LogP contribution in [0.5, 0.6) is 0 Å². The maximum absolute atomic E-state index is 13.5. The standard InChI is InChI=1S/C35H39N9O3.C2HF3O2/c1-20(2)31(43(3)35(46)47)34(45)44-15-5-7-30(44)33-39-18-28(42-33)22-10-8-21(9-11-22)27-17-37-26-16-23(12-13-24(26)40-27)29-19-38-32(41-29)25-6-4-14-36-25;3-2(4,5)1(6)7/h8-13,16-20,25,30-31,36H,4-7,14-15H2,1-3H3,(H,38,41)(H,39,42)(H,46,47);(H,6,7)/t25-,30-,31-;/m0./s1. The molecule has 0 saturated carbocycles. The number of fused-ring (bicyclic) bond motifs is 1. The number of carbonyl (C=O) groups is 3.